The van der Waals surface area contributed by atoms with Gasteiger partial charge in [-0.2, -0.15) is 0 Å². The van der Waals surface area contributed by atoms with Crippen molar-refractivity contribution in [2.75, 3.05) is 42.0 Å². The van der Waals surface area contributed by atoms with Crippen molar-refractivity contribution in [1.82, 2.24) is 10.2 Å². The number of guanidine groups is 1. The highest BCUT2D eigenvalue weighted by atomic mass is 16.5. The lowest BCUT2D eigenvalue weighted by Gasteiger charge is -2.23. The number of methoxy groups -OCH3 is 3. The van der Waals surface area contributed by atoms with Crippen molar-refractivity contribution in [3.63, 3.8) is 0 Å². The van der Waals surface area contributed by atoms with Crippen molar-refractivity contribution in [3.05, 3.63) is 23.8 Å². The lowest BCUT2D eigenvalue weighted by atomic mass is 10.1. The van der Waals surface area contributed by atoms with Gasteiger partial charge in [0.15, 0.2) is 5.96 Å². The summed E-state index contributed by atoms with van der Waals surface area (Å²) in [6.45, 7) is 1.51. The largest absolute Gasteiger partial charge is 0.497 e. The summed E-state index contributed by atoms with van der Waals surface area (Å²) in [4.78, 5) is 17.5. The number of esters is 1. The van der Waals surface area contributed by atoms with Crippen LogP contribution >= 0.6 is 0 Å². The van der Waals surface area contributed by atoms with Crippen LogP contribution in [0.3, 0.4) is 0 Å². The van der Waals surface area contributed by atoms with Crippen molar-refractivity contribution in [2.24, 2.45) is 4.99 Å². The molecule has 0 spiro atoms. The zero-order chi connectivity index (χ0) is 20.1. The lowest BCUT2D eigenvalue weighted by molar-refractivity contribution is -0.140. The number of carbonyl (C=O) groups excluding carboxylic acids is 1. The summed E-state index contributed by atoms with van der Waals surface area (Å²) in [6.07, 6.45) is 4.49. The number of aliphatic imine (C=N–C) groups is 1. The first-order chi connectivity index (χ1) is 13.0. The average Bonchev–Trinajstić information content (AvgIpc) is 2.69. The van der Waals surface area contributed by atoms with E-state index in [2.05, 4.69) is 19.9 Å². The molecule has 1 aromatic carbocycles. The Morgan fingerprint density at radius 2 is 1.85 bits per heavy atom. The minimum atomic E-state index is -0.135. The van der Waals surface area contributed by atoms with Crippen LogP contribution in [0.2, 0.25) is 0 Å². The highest BCUT2D eigenvalue weighted by Crippen LogP contribution is 2.25. The highest BCUT2D eigenvalue weighted by Gasteiger charge is 2.11. The molecule has 27 heavy (non-hydrogen) atoms. The molecule has 0 saturated carbocycles. The monoisotopic (exact) mass is 379 g/mol. The maximum absolute atomic E-state index is 11.1. The van der Waals surface area contributed by atoms with Gasteiger partial charge in [0.25, 0.3) is 0 Å². The van der Waals surface area contributed by atoms with Crippen molar-refractivity contribution in [3.8, 4) is 11.5 Å². The van der Waals surface area contributed by atoms with E-state index in [0.29, 0.717) is 13.0 Å². The van der Waals surface area contributed by atoms with Gasteiger partial charge in [0.05, 0.1) is 21.3 Å². The van der Waals surface area contributed by atoms with Gasteiger partial charge in [0.1, 0.15) is 11.5 Å². The first-order valence-corrected chi connectivity index (χ1v) is 9.25. The van der Waals surface area contributed by atoms with E-state index in [9.17, 15) is 4.79 Å². The van der Waals surface area contributed by atoms with E-state index in [-0.39, 0.29) is 5.97 Å². The van der Waals surface area contributed by atoms with Crippen molar-refractivity contribution >= 4 is 11.9 Å². The van der Waals surface area contributed by atoms with Gasteiger partial charge in [-0.3, -0.25) is 9.79 Å². The van der Waals surface area contributed by atoms with Gasteiger partial charge in [-0.25, -0.2) is 0 Å². The molecule has 1 aromatic rings. The molecule has 7 nitrogen and oxygen atoms in total. The molecule has 152 valence electrons. The number of hydrogen-bond donors (Lipinski definition) is 1. The maximum atomic E-state index is 11.1. The minimum absolute atomic E-state index is 0.135. The number of nitrogens with one attached hydrogen (secondary N) is 1. The van der Waals surface area contributed by atoms with Crippen LogP contribution in [0.4, 0.5) is 0 Å². The number of rotatable bonds is 11. The lowest BCUT2D eigenvalue weighted by Crippen LogP contribution is -2.38. The standard InChI is InChI=1S/C20H33N3O4/c1-21-20(22-13-9-7-6-8-10-19(24)27-5)23(2)15-16-11-12-17(25-3)14-18(16)26-4/h11-12,14H,6-10,13,15H2,1-5H3,(H,21,22). The fourth-order valence-electron chi connectivity index (χ4n) is 2.75. The molecular formula is C20H33N3O4. The number of nitrogens with zero attached hydrogens (tertiary/aromatic N) is 2. The second kappa shape index (κ2) is 12.8. The van der Waals surface area contributed by atoms with E-state index < -0.39 is 0 Å². The number of ether oxygens (including phenoxy) is 3. The third-order valence-corrected chi connectivity index (χ3v) is 4.29. The Hall–Kier alpha value is -2.44. The summed E-state index contributed by atoms with van der Waals surface area (Å²) < 4.78 is 15.3. The molecule has 0 aliphatic heterocycles. The van der Waals surface area contributed by atoms with Gasteiger partial charge < -0.3 is 24.4 Å². The van der Waals surface area contributed by atoms with Crippen LogP contribution in [-0.2, 0) is 16.1 Å². The predicted octanol–water partition coefficient (Wildman–Crippen LogP) is 2.83. The van der Waals surface area contributed by atoms with Gasteiger partial charge >= 0.3 is 5.97 Å². The molecule has 1 N–H and O–H groups in total. The zero-order valence-electron chi connectivity index (χ0n) is 17.2. The van der Waals surface area contributed by atoms with Crippen LogP contribution in [-0.4, -0.2) is 58.8 Å². The first kappa shape index (κ1) is 22.6. The van der Waals surface area contributed by atoms with E-state index in [1.165, 1.54) is 7.11 Å². The molecular weight excluding hydrogens is 346 g/mol. The number of unbranched alkanes of at least 4 members (excludes halogenated alkanes) is 3. The van der Waals surface area contributed by atoms with Crippen LogP contribution < -0.4 is 14.8 Å². The fraction of sp³-hybridized carbons (Fsp3) is 0.600. The van der Waals surface area contributed by atoms with Crippen LogP contribution in [0.1, 0.15) is 37.7 Å². The summed E-state index contributed by atoms with van der Waals surface area (Å²) in [5.74, 6) is 2.27. The van der Waals surface area contributed by atoms with E-state index >= 15 is 0 Å². The van der Waals surface area contributed by atoms with Crippen molar-refractivity contribution in [1.29, 1.82) is 0 Å². The first-order valence-electron chi connectivity index (χ1n) is 9.25. The van der Waals surface area contributed by atoms with E-state index in [4.69, 9.17) is 9.47 Å². The molecule has 0 unspecified atom stereocenters. The smallest absolute Gasteiger partial charge is 0.305 e. The second-order valence-corrected chi connectivity index (χ2v) is 6.25. The Kier molecular flexibility index (Phi) is 10.7. The molecule has 0 bridgehead atoms. The number of carbonyl (C=O) groups is 1. The summed E-state index contributed by atoms with van der Waals surface area (Å²) in [5.41, 5.74) is 1.06. The summed E-state index contributed by atoms with van der Waals surface area (Å²) in [7, 11) is 8.50. The third kappa shape index (κ3) is 8.19. The van der Waals surface area contributed by atoms with Gasteiger partial charge in [0, 0.05) is 45.2 Å². The zero-order valence-corrected chi connectivity index (χ0v) is 17.2. The van der Waals surface area contributed by atoms with Crippen molar-refractivity contribution < 1.29 is 19.0 Å². The Labute approximate surface area is 162 Å². The molecule has 1 rings (SSSR count). The van der Waals surface area contributed by atoms with Crippen LogP contribution in [0.15, 0.2) is 23.2 Å². The van der Waals surface area contributed by atoms with E-state index in [0.717, 1.165) is 55.3 Å². The number of benzene rings is 1. The molecule has 0 fully saturated rings. The Morgan fingerprint density at radius 1 is 1.11 bits per heavy atom. The molecule has 7 heteroatoms. The van der Waals surface area contributed by atoms with Gasteiger partial charge in [-0.1, -0.05) is 12.8 Å². The van der Waals surface area contributed by atoms with Gasteiger partial charge in [0.2, 0.25) is 0 Å². The molecule has 0 saturated heterocycles. The third-order valence-electron chi connectivity index (χ3n) is 4.29. The quantitative estimate of drug-likeness (QED) is 0.276. The van der Waals surface area contributed by atoms with Crippen LogP contribution in [0, 0.1) is 0 Å². The molecule has 0 aliphatic carbocycles. The van der Waals surface area contributed by atoms with E-state index in [1.54, 1.807) is 21.3 Å². The minimum Gasteiger partial charge on any atom is -0.497 e. The summed E-state index contributed by atoms with van der Waals surface area (Å²) in [6, 6.07) is 5.81. The normalized spacial score (nSPS) is 11.1. The molecule has 0 atom stereocenters. The van der Waals surface area contributed by atoms with E-state index in [1.807, 2.05) is 25.2 Å². The second-order valence-electron chi connectivity index (χ2n) is 6.25. The molecule has 0 amide bonds. The van der Waals surface area contributed by atoms with Gasteiger partial charge in [-0.15, -0.1) is 0 Å². The topological polar surface area (TPSA) is 72.4 Å². The van der Waals surface area contributed by atoms with Crippen molar-refractivity contribution in [2.45, 2.75) is 38.6 Å². The fourth-order valence-corrected chi connectivity index (χ4v) is 2.75. The molecule has 0 radical (unpaired) electrons. The Balaban J connectivity index is 2.40. The maximum Gasteiger partial charge on any atom is 0.305 e. The summed E-state index contributed by atoms with van der Waals surface area (Å²) in [5, 5.41) is 3.38. The van der Waals surface area contributed by atoms with Crippen LogP contribution in [0.25, 0.3) is 0 Å². The highest BCUT2D eigenvalue weighted by molar-refractivity contribution is 5.79. The predicted molar refractivity (Wildman–Crippen MR) is 107 cm³/mol. The SMILES string of the molecule is CN=C(NCCCCCCC(=O)OC)N(C)Cc1ccc(OC)cc1OC. The Bertz CT molecular complexity index is 605. The molecule has 0 heterocycles. The summed E-state index contributed by atoms with van der Waals surface area (Å²) >= 11 is 0. The average molecular weight is 380 g/mol. The number of hydrogen-bond acceptors (Lipinski definition) is 5. The molecule has 0 aromatic heterocycles. The Morgan fingerprint density at radius 3 is 2.48 bits per heavy atom. The van der Waals surface area contributed by atoms with Gasteiger partial charge in [-0.05, 0) is 25.0 Å². The molecule has 0 aliphatic rings. The van der Waals surface area contributed by atoms with Crippen LogP contribution in [0.5, 0.6) is 11.5 Å².